The Morgan fingerprint density at radius 2 is 2.14 bits per heavy atom. The van der Waals surface area contributed by atoms with Crippen molar-refractivity contribution in [1.82, 2.24) is 4.98 Å². The highest BCUT2D eigenvalue weighted by molar-refractivity contribution is 5.94. The van der Waals surface area contributed by atoms with Gasteiger partial charge in [-0.05, 0) is 23.8 Å². The van der Waals surface area contributed by atoms with E-state index in [-0.39, 0.29) is 18.0 Å². The number of nitrogens with two attached hydrogens (primary N) is 1. The molecule has 0 saturated carbocycles. The second-order valence-electron chi connectivity index (χ2n) is 4.50. The van der Waals surface area contributed by atoms with Crippen LogP contribution in [0.3, 0.4) is 0 Å². The SMILES string of the molecule is Nc1cnc(NCc2ccc3c(c2)OCO3)cc1C(=O)O. The maximum absolute atomic E-state index is 11.0. The Hall–Kier alpha value is -2.96. The van der Waals surface area contributed by atoms with Crippen molar-refractivity contribution in [2.45, 2.75) is 6.54 Å². The van der Waals surface area contributed by atoms with Crippen LogP contribution in [0.4, 0.5) is 11.5 Å². The molecule has 2 aromatic rings. The summed E-state index contributed by atoms with van der Waals surface area (Å²) in [6.45, 7) is 0.709. The molecule has 0 fully saturated rings. The lowest BCUT2D eigenvalue weighted by molar-refractivity contribution is 0.0698. The van der Waals surface area contributed by atoms with Crippen molar-refractivity contribution in [2.24, 2.45) is 0 Å². The zero-order valence-electron chi connectivity index (χ0n) is 11.0. The van der Waals surface area contributed by atoms with E-state index in [1.54, 1.807) is 0 Å². The number of aromatic nitrogens is 1. The van der Waals surface area contributed by atoms with Gasteiger partial charge in [-0.25, -0.2) is 9.78 Å². The first-order chi connectivity index (χ1) is 10.1. The Bertz CT molecular complexity index is 703. The summed E-state index contributed by atoms with van der Waals surface area (Å²) in [5.41, 5.74) is 6.69. The monoisotopic (exact) mass is 287 g/mol. The average Bonchev–Trinajstić information content (AvgIpc) is 2.93. The molecule has 21 heavy (non-hydrogen) atoms. The molecule has 1 aliphatic rings. The minimum Gasteiger partial charge on any atom is -0.478 e. The summed E-state index contributed by atoms with van der Waals surface area (Å²) < 4.78 is 10.5. The van der Waals surface area contributed by atoms with Gasteiger partial charge >= 0.3 is 5.97 Å². The lowest BCUT2D eigenvalue weighted by atomic mass is 10.2. The Labute approximate surface area is 120 Å². The number of carbonyl (C=O) groups is 1. The molecule has 1 aromatic carbocycles. The average molecular weight is 287 g/mol. The van der Waals surface area contributed by atoms with E-state index in [4.69, 9.17) is 20.3 Å². The minimum atomic E-state index is -1.08. The number of benzene rings is 1. The summed E-state index contributed by atoms with van der Waals surface area (Å²) in [7, 11) is 0. The molecule has 0 spiro atoms. The van der Waals surface area contributed by atoms with Gasteiger partial charge in [-0.3, -0.25) is 0 Å². The third kappa shape index (κ3) is 2.66. The number of aromatic carboxylic acids is 1. The van der Waals surface area contributed by atoms with Crippen LogP contribution in [-0.2, 0) is 6.54 Å². The first kappa shape index (κ1) is 13.0. The molecule has 0 aliphatic carbocycles. The van der Waals surface area contributed by atoms with Crippen molar-refractivity contribution in [3.05, 3.63) is 41.6 Å². The molecule has 0 amide bonds. The van der Waals surface area contributed by atoms with E-state index >= 15 is 0 Å². The van der Waals surface area contributed by atoms with Crippen molar-refractivity contribution in [1.29, 1.82) is 0 Å². The standard InChI is InChI=1S/C14H13N3O4/c15-10-6-17-13(4-9(10)14(18)19)16-5-8-1-2-11-12(3-8)21-7-20-11/h1-4,6H,5,7,15H2,(H,16,17)(H,18,19). The number of anilines is 2. The van der Waals surface area contributed by atoms with Gasteiger partial charge in [0.2, 0.25) is 6.79 Å². The summed E-state index contributed by atoms with van der Waals surface area (Å²) in [5.74, 6) is 0.781. The topological polar surface area (TPSA) is 107 Å². The number of hydrogen-bond acceptors (Lipinski definition) is 6. The first-order valence-corrected chi connectivity index (χ1v) is 6.24. The third-order valence-corrected chi connectivity index (χ3v) is 3.08. The van der Waals surface area contributed by atoms with Crippen molar-refractivity contribution in [3.8, 4) is 11.5 Å². The van der Waals surface area contributed by atoms with Gasteiger partial charge in [-0.1, -0.05) is 6.07 Å². The molecule has 0 saturated heterocycles. The van der Waals surface area contributed by atoms with Crippen LogP contribution in [0.1, 0.15) is 15.9 Å². The Balaban J connectivity index is 1.73. The van der Waals surface area contributed by atoms with Crippen LogP contribution in [0.2, 0.25) is 0 Å². The lowest BCUT2D eigenvalue weighted by Crippen LogP contribution is -2.07. The van der Waals surface area contributed by atoms with Crippen molar-refractivity contribution >= 4 is 17.5 Å². The molecule has 3 rings (SSSR count). The molecule has 4 N–H and O–H groups in total. The first-order valence-electron chi connectivity index (χ1n) is 6.24. The van der Waals surface area contributed by atoms with Crippen molar-refractivity contribution in [2.75, 3.05) is 17.8 Å². The smallest absolute Gasteiger partial charge is 0.337 e. The fourth-order valence-corrected chi connectivity index (χ4v) is 1.99. The number of nitrogen functional groups attached to an aromatic ring is 1. The van der Waals surface area contributed by atoms with Gasteiger partial charge in [-0.15, -0.1) is 0 Å². The predicted octanol–water partition coefficient (Wildman–Crippen LogP) is 1.70. The molecule has 0 unspecified atom stereocenters. The van der Waals surface area contributed by atoms with E-state index in [1.807, 2.05) is 18.2 Å². The van der Waals surface area contributed by atoms with E-state index in [0.29, 0.717) is 18.1 Å². The van der Waals surface area contributed by atoms with Crippen molar-refractivity contribution < 1.29 is 19.4 Å². The minimum absolute atomic E-state index is 0.0261. The Kier molecular flexibility index (Phi) is 3.23. The fourth-order valence-electron chi connectivity index (χ4n) is 1.99. The zero-order valence-corrected chi connectivity index (χ0v) is 11.0. The molecule has 2 heterocycles. The van der Waals surface area contributed by atoms with E-state index in [2.05, 4.69) is 10.3 Å². The molecule has 1 aliphatic heterocycles. The van der Waals surface area contributed by atoms with Gasteiger partial charge < -0.3 is 25.6 Å². The van der Waals surface area contributed by atoms with E-state index < -0.39 is 5.97 Å². The van der Waals surface area contributed by atoms with Crippen molar-refractivity contribution in [3.63, 3.8) is 0 Å². The van der Waals surface area contributed by atoms with E-state index in [0.717, 1.165) is 11.3 Å². The van der Waals surface area contributed by atoms with Gasteiger partial charge in [0.15, 0.2) is 11.5 Å². The maximum Gasteiger partial charge on any atom is 0.337 e. The van der Waals surface area contributed by atoms with Crippen LogP contribution in [0.25, 0.3) is 0 Å². The summed E-state index contributed by atoms with van der Waals surface area (Å²) >= 11 is 0. The quantitative estimate of drug-likeness (QED) is 0.785. The number of nitrogens with one attached hydrogen (secondary N) is 1. The summed E-state index contributed by atoms with van der Waals surface area (Å²) in [5, 5.41) is 12.1. The van der Waals surface area contributed by atoms with Gasteiger partial charge in [-0.2, -0.15) is 0 Å². The highest BCUT2D eigenvalue weighted by Gasteiger charge is 2.13. The number of carboxylic acid groups (broad SMARTS) is 1. The Morgan fingerprint density at radius 3 is 2.95 bits per heavy atom. The molecule has 108 valence electrons. The molecule has 7 heteroatoms. The molecular weight excluding hydrogens is 274 g/mol. The molecule has 0 radical (unpaired) electrons. The second-order valence-corrected chi connectivity index (χ2v) is 4.50. The largest absolute Gasteiger partial charge is 0.478 e. The number of fused-ring (bicyclic) bond motifs is 1. The van der Waals surface area contributed by atoms with E-state index in [9.17, 15) is 4.79 Å². The van der Waals surface area contributed by atoms with Crippen LogP contribution in [0.15, 0.2) is 30.5 Å². The molecular formula is C14H13N3O4. The summed E-state index contributed by atoms with van der Waals surface area (Å²) in [4.78, 5) is 15.1. The fraction of sp³-hybridized carbons (Fsp3) is 0.143. The predicted molar refractivity (Wildman–Crippen MR) is 75.5 cm³/mol. The third-order valence-electron chi connectivity index (χ3n) is 3.08. The Morgan fingerprint density at radius 1 is 1.33 bits per heavy atom. The highest BCUT2D eigenvalue weighted by atomic mass is 16.7. The summed E-state index contributed by atoms with van der Waals surface area (Å²) in [6, 6.07) is 7.00. The van der Waals surface area contributed by atoms with Crippen LogP contribution < -0.4 is 20.5 Å². The van der Waals surface area contributed by atoms with Crippen LogP contribution in [0, 0.1) is 0 Å². The lowest BCUT2D eigenvalue weighted by Gasteiger charge is -2.08. The second kappa shape index (κ2) is 5.20. The van der Waals surface area contributed by atoms with Gasteiger partial charge in [0, 0.05) is 6.54 Å². The molecule has 0 bridgehead atoms. The van der Waals surface area contributed by atoms with Crippen LogP contribution in [-0.4, -0.2) is 22.9 Å². The normalized spacial score (nSPS) is 12.2. The van der Waals surface area contributed by atoms with Gasteiger partial charge in [0.25, 0.3) is 0 Å². The van der Waals surface area contributed by atoms with Crippen LogP contribution in [0.5, 0.6) is 11.5 Å². The molecule has 0 atom stereocenters. The summed E-state index contributed by atoms with van der Waals surface area (Å²) in [6.07, 6.45) is 1.32. The highest BCUT2D eigenvalue weighted by Crippen LogP contribution is 2.32. The van der Waals surface area contributed by atoms with Gasteiger partial charge in [0.1, 0.15) is 5.82 Å². The number of hydrogen-bond donors (Lipinski definition) is 3. The number of carboxylic acids is 1. The maximum atomic E-state index is 11.0. The molecule has 1 aromatic heterocycles. The zero-order chi connectivity index (χ0) is 14.8. The molecule has 7 nitrogen and oxygen atoms in total. The van der Waals surface area contributed by atoms with Crippen LogP contribution >= 0.6 is 0 Å². The van der Waals surface area contributed by atoms with Gasteiger partial charge in [0.05, 0.1) is 17.4 Å². The van der Waals surface area contributed by atoms with E-state index in [1.165, 1.54) is 12.3 Å². The number of ether oxygens (including phenoxy) is 2. The number of nitrogens with zero attached hydrogens (tertiary/aromatic N) is 1. The number of rotatable bonds is 4. The number of pyridine rings is 1.